The number of thioether (sulfide) groups is 1. The number of carbonyl (C=O) groups excluding carboxylic acids is 1. The van der Waals surface area contributed by atoms with Gasteiger partial charge in [0.05, 0.1) is 23.8 Å². The first kappa shape index (κ1) is 22.3. The van der Waals surface area contributed by atoms with Crippen LogP contribution in [0.2, 0.25) is 0 Å². The van der Waals surface area contributed by atoms with Crippen LogP contribution in [0.25, 0.3) is 0 Å². The second-order valence-corrected chi connectivity index (χ2v) is 12.3. The highest BCUT2D eigenvalue weighted by Crippen LogP contribution is 2.25. The molecule has 0 aliphatic carbocycles. The highest BCUT2D eigenvalue weighted by Gasteiger charge is 2.29. The van der Waals surface area contributed by atoms with Gasteiger partial charge in [0, 0.05) is 35.3 Å². The van der Waals surface area contributed by atoms with E-state index in [1.54, 1.807) is 11.3 Å². The number of sulfone groups is 1. The Labute approximate surface area is 190 Å². The normalized spacial score (nSPS) is 18.0. The van der Waals surface area contributed by atoms with E-state index in [0.717, 1.165) is 29.3 Å². The Morgan fingerprint density at radius 2 is 2.13 bits per heavy atom. The molecule has 1 saturated heterocycles. The van der Waals surface area contributed by atoms with Crippen molar-refractivity contribution >= 4 is 38.7 Å². The van der Waals surface area contributed by atoms with Gasteiger partial charge in [-0.15, -0.1) is 21.5 Å². The van der Waals surface area contributed by atoms with Crippen LogP contribution < -0.4 is 0 Å². The van der Waals surface area contributed by atoms with Crippen LogP contribution in [0.4, 0.5) is 0 Å². The van der Waals surface area contributed by atoms with E-state index >= 15 is 0 Å². The summed E-state index contributed by atoms with van der Waals surface area (Å²) in [7, 11) is -1.03. The van der Waals surface area contributed by atoms with Crippen molar-refractivity contribution < 1.29 is 13.2 Å². The number of rotatable bonds is 8. The molecule has 166 valence electrons. The molecule has 0 radical (unpaired) electrons. The van der Waals surface area contributed by atoms with Crippen LogP contribution in [-0.4, -0.2) is 50.8 Å². The van der Waals surface area contributed by atoms with Gasteiger partial charge in [-0.25, -0.2) is 8.42 Å². The molecular formula is C21H26N4O3S3. The van der Waals surface area contributed by atoms with Gasteiger partial charge in [-0.2, -0.15) is 0 Å². The smallest absolute Gasteiger partial charge is 0.191 e. The number of nitrogens with zero attached hydrogens (tertiary/aromatic N) is 4. The maximum absolute atomic E-state index is 12.9. The van der Waals surface area contributed by atoms with Gasteiger partial charge < -0.3 is 9.13 Å². The fourth-order valence-corrected chi connectivity index (χ4v) is 7.40. The summed E-state index contributed by atoms with van der Waals surface area (Å²) < 4.78 is 27.4. The Kier molecular flexibility index (Phi) is 6.41. The fraction of sp³-hybridized carbons (Fsp3) is 0.476. The molecule has 1 atom stereocenters. The molecule has 1 aliphatic heterocycles. The summed E-state index contributed by atoms with van der Waals surface area (Å²) in [4.78, 5) is 14.2. The third-order valence-electron chi connectivity index (χ3n) is 5.82. The highest BCUT2D eigenvalue weighted by molar-refractivity contribution is 7.99. The number of hydrogen-bond acceptors (Lipinski definition) is 7. The van der Waals surface area contributed by atoms with E-state index in [4.69, 9.17) is 0 Å². The maximum atomic E-state index is 12.9. The second kappa shape index (κ2) is 8.91. The van der Waals surface area contributed by atoms with E-state index in [1.165, 1.54) is 16.6 Å². The summed E-state index contributed by atoms with van der Waals surface area (Å²) in [5, 5.41) is 11.2. The lowest BCUT2D eigenvalue weighted by atomic mass is 10.1. The molecule has 1 aliphatic rings. The van der Waals surface area contributed by atoms with Gasteiger partial charge in [0.15, 0.2) is 20.8 Å². The summed E-state index contributed by atoms with van der Waals surface area (Å²) >= 11 is 3.09. The number of thiophene rings is 1. The quantitative estimate of drug-likeness (QED) is 0.365. The van der Waals surface area contributed by atoms with E-state index in [2.05, 4.69) is 26.2 Å². The molecule has 3 aromatic rings. The van der Waals surface area contributed by atoms with E-state index in [1.807, 2.05) is 37.6 Å². The van der Waals surface area contributed by atoms with Crippen molar-refractivity contribution in [3.8, 4) is 0 Å². The van der Waals surface area contributed by atoms with Crippen LogP contribution in [-0.2, 0) is 29.9 Å². The molecule has 7 nitrogen and oxygen atoms in total. The van der Waals surface area contributed by atoms with Crippen LogP contribution in [0.5, 0.6) is 0 Å². The van der Waals surface area contributed by atoms with Gasteiger partial charge >= 0.3 is 0 Å². The van der Waals surface area contributed by atoms with Crippen molar-refractivity contribution in [1.82, 2.24) is 19.3 Å². The zero-order valence-electron chi connectivity index (χ0n) is 17.9. The molecule has 0 saturated carbocycles. The molecule has 3 aromatic heterocycles. The molecule has 0 N–H and O–H groups in total. The average molecular weight is 479 g/mol. The van der Waals surface area contributed by atoms with Gasteiger partial charge in [-0.3, -0.25) is 4.79 Å². The number of aryl methyl sites for hydroxylation is 1. The topological polar surface area (TPSA) is 86.9 Å². The molecule has 0 unspecified atom stereocenters. The molecule has 1 fully saturated rings. The first-order valence-corrected chi connectivity index (χ1v) is 13.9. The van der Waals surface area contributed by atoms with Gasteiger partial charge in [0.25, 0.3) is 0 Å². The molecule has 4 rings (SSSR count). The maximum Gasteiger partial charge on any atom is 0.191 e. The lowest BCUT2D eigenvalue weighted by molar-refractivity contribution is 0.102. The molecule has 0 spiro atoms. The van der Waals surface area contributed by atoms with Crippen molar-refractivity contribution in [2.24, 2.45) is 13.0 Å². The molecule has 4 heterocycles. The number of hydrogen-bond donors (Lipinski definition) is 0. The molecule has 0 bridgehead atoms. The predicted octanol–water partition coefficient (Wildman–Crippen LogP) is 3.30. The number of aromatic nitrogens is 4. The SMILES string of the molecule is Cc1cc(C(=O)CSc2nnc(C[C@H]3CCS(=O)(=O)C3)n2C)c(C)n1Cc1cccs1. The fourth-order valence-electron chi connectivity index (χ4n) is 4.03. The largest absolute Gasteiger partial charge is 0.343 e. The second-order valence-electron chi connectivity index (χ2n) is 8.09. The predicted molar refractivity (Wildman–Crippen MR) is 124 cm³/mol. The van der Waals surface area contributed by atoms with Crippen molar-refractivity contribution in [3.05, 3.63) is 51.2 Å². The van der Waals surface area contributed by atoms with Gasteiger partial charge in [-0.05, 0) is 43.7 Å². The summed E-state index contributed by atoms with van der Waals surface area (Å²) in [5.41, 5.74) is 2.81. The van der Waals surface area contributed by atoms with E-state index in [0.29, 0.717) is 18.0 Å². The van der Waals surface area contributed by atoms with Gasteiger partial charge in [0.1, 0.15) is 5.82 Å². The van der Waals surface area contributed by atoms with Crippen LogP contribution in [0.1, 0.15) is 38.9 Å². The molecule has 0 amide bonds. The third kappa shape index (κ3) is 4.96. The molecule has 0 aromatic carbocycles. The zero-order valence-corrected chi connectivity index (χ0v) is 20.3. The van der Waals surface area contributed by atoms with Crippen molar-refractivity contribution in [3.63, 3.8) is 0 Å². The summed E-state index contributed by atoms with van der Waals surface area (Å²) in [5.74, 6) is 1.71. The van der Waals surface area contributed by atoms with E-state index < -0.39 is 9.84 Å². The summed E-state index contributed by atoms with van der Waals surface area (Å²) in [6.07, 6.45) is 1.28. The first-order valence-electron chi connectivity index (χ1n) is 10.2. The van der Waals surface area contributed by atoms with Crippen molar-refractivity contribution in [1.29, 1.82) is 0 Å². The van der Waals surface area contributed by atoms with Crippen LogP contribution in [0.3, 0.4) is 0 Å². The summed E-state index contributed by atoms with van der Waals surface area (Å²) in [6.45, 7) is 4.80. The Morgan fingerprint density at radius 1 is 1.32 bits per heavy atom. The minimum atomic E-state index is -2.90. The van der Waals surface area contributed by atoms with Gasteiger partial charge in [-0.1, -0.05) is 17.8 Å². The summed E-state index contributed by atoms with van der Waals surface area (Å²) in [6, 6.07) is 6.11. The Hall–Kier alpha value is -1.91. The van der Waals surface area contributed by atoms with E-state index in [9.17, 15) is 13.2 Å². The molecule has 31 heavy (non-hydrogen) atoms. The van der Waals surface area contributed by atoms with Crippen LogP contribution in [0, 0.1) is 19.8 Å². The average Bonchev–Trinajstić information content (AvgIpc) is 3.48. The Morgan fingerprint density at radius 3 is 2.81 bits per heavy atom. The number of ketones is 1. The van der Waals surface area contributed by atoms with Gasteiger partial charge in [0.2, 0.25) is 0 Å². The van der Waals surface area contributed by atoms with Crippen molar-refractivity contribution in [2.45, 2.75) is 38.4 Å². The number of carbonyl (C=O) groups is 1. The zero-order chi connectivity index (χ0) is 22.2. The Bertz CT molecular complexity index is 1190. The monoisotopic (exact) mass is 478 g/mol. The van der Waals surface area contributed by atoms with Crippen LogP contribution >= 0.6 is 23.1 Å². The van der Waals surface area contributed by atoms with E-state index in [-0.39, 0.29) is 29.0 Å². The van der Waals surface area contributed by atoms with Crippen molar-refractivity contribution in [2.75, 3.05) is 17.3 Å². The first-order chi connectivity index (χ1) is 14.7. The lowest BCUT2D eigenvalue weighted by Crippen LogP contribution is -2.11. The molecule has 10 heteroatoms. The minimum absolute atomic E-state index is 0.0713. The lowest BCUT2D eigenvalue weighted by Gasteiger charge is -2.09. The minimum Gasteiger partial charge on any atom is -0.343 e. The molecular weight excluding hydrogens is 452 g/mol. The Balaban J connectivity index is 1.40. The third-order valence-corrected chi connectivity index (χ3v) is 9.54. The number of Topliss-reactive ketones (excluding diaryl/α,β-unsaturated/α-hetero) is 1. The van der Waals surface area contributed by atoms with Crippen LogP contribution in [0.15, 0.2) is 28.7 Å². The highest BCUT2D eigenvalue weighted by atomic mass is 32.2. The standard InChI is InChI=1S/C21H26N4O3S3/c1-14-9-18(15(2)25(14)11-17-5-4-7-29-17)19(26)12-30-21-23-22-20(24(21)3)10-16-6-8-31(27,28)13-16/h4-5,7,9,16H,6,8,10-13H2,1-3H3/t16-/m1/s1.